The summed E-state index contributed by atoms with van der Waals surface area (Å²) in [6.45, 7) is 7.61. The Bertz CT molecular complexity index is 651. The molecule has 1 aromatic heterocycles. The number of benzene rings is 1. The van der Waals surface area contributed by atoms with Crippen LogP contribution in [0.25, 0.3) is 11.5 Å². The molecule has 24 heavy (non-hydrogen) atoms. The van der Waals surface area contributed by atoms with Crippen LogP contribution in [0.3, 0.4) is 0 Å². The smallest absolute Gasteiger partial charge is 0.257 e. The van der Waals surface area contributed by atoms with Gasteiger partial charge in [-0.2, -0.15) is 4.98 Å². The summed E-state index contributed by atoms with van der Waals surface area (Å²) in [4.78, 5) is 18.7. The van der Waals surface area contributed by atoms with Gasteiger partial charge in [-0.3, -0.25) is 4.79 Å². The molecule has 6 nitrogen and oxygen atoms in total. The van der Waals surface area contributed by atoms with Gasteiger partial charge >= 0.3 is 0 Å². The van der Waals surface area contributed by atoms with Crippen LogP contribution in [-0.4, -0.2) is 47.1 Å². The minimum absolute atomic E-state index is 0.0555. The Hall–Kier alpha value is -2.21. The van der Waals surface area contributed by atoms with Crippen molar-refractivity contribution in [3.8, 4) is 11.5 Å². The molecule has 1 heterocycles. The van der Waals surface area contributed by atoms with E-state index in [1.165, 1.54) is 0 Å². The normalized spacial score (nSPS) is 12.2. The molecule has 0 saturated heterocycles. The van der Waals surface area contributed by atoms with Gasteiger partial charge in [0.2, 0.25) is 0 Å². The number of nitrogens with one attached hydrogen (secondary N) is 1. The summed E-state index contributed by atoms with van der Waals surface area (Å²) in [6.07, 6.45) is 1.66. The Kier molecular flexibility index (Phi) is 6.49. The van der Waals surface area contributed by atoms with E-state index in [9.17, 15) is 4.79 Å². The Balaban J connectivity index is 2.10. The zero-order valence-electron chi connectivity index (χ0n) is 14.9. The first kappa shape index (κ1) is 18.1. The van der Waals surface area contributed by atoms with Crippen molar-refractivity contribution >= 4 is 5.91 Å². The summed E-state index contributed by atoms with van der Waals surface area (Å²) < 4.78 is 5.32. The van der Waals surface area contributed by atoms with Gasteiger partial charge in [-0.15, -0.1) is 0 Å². The molecule has 6 heteroatoms. The minimum atomic E-state index is 0.0555. The van der Waals surface area contributed by atoms with E-state index in [-0.39, 0.29) is 11.9 Å². The van der Waals surface area contributed by atoms with Gasteiger partial charge in [-0.1, -0.05) is 12.1 Å². The first-order chi connectivity index (χ1) is 11.6. The van der Waals surface area contributed by atoms with Gasteiger partial charge < -0.3 is 14.7 Å². The van der Waals surface area contributed by atoms with Crippen molar-refractivity contribution in [3.05, 3.63) is 35.7 Å². The Morgan fingerprint density at radius 2 is 2.00 bits per heavy atom. The number of likely N-dealkylation sites (N-methyl/N-ethyl adjacent to an activating group) is 1. The van der Waals surface area contributed by atoms with Crippen molar-refractivity contribution < 1.29 is 9.32 Å². The minimum Gasteiger partial charge on any atom is -0.339 e. The molecule has 2 aromatic rings. The van der Waals surface area contributed by atoms with E-state index in [2.05, 4.69) is 29.3 Å². The van der Waals surface area contributed by atoms with Crippen molar-refractivity contribution in [1.29, 1.82) is 0 Å². The maximum Gasteiger partial charge on any atom is 0.257 e. The third-order valence-electron chi connectivity index (χ3n) is 3.99. The van der Waals surface area contributed by atoms with Crippen molar-refractivity contribution in [3.63, 3.8) is 0 Å². The highest BCUT2D eigenvalue weighted by Gasteiger charge is 2.15. The van der Waals surface area contributed by atoms with Crippen LogP contribution in [-0.2, 0) is 6.42 Å². The molecule has 0 aliphatic heterocycles. The van der Waals surface area contributed by atoms with E-state index in [1.807, 2.05) is 43.1 Å². The lowest BCUT2D eigenvalue weighted by atomic mass is 10.1. The average molecular weight is 330 g/mol. The van der Waals surface area contributed by atoms with E-state index in [0.717, 1.165) is 18.5 Å². The summed E-state index contributed by atoms with van der Waals surface area (Å²) in [5.74, 6) is 1.21. The highest BCUT2D eigenvalue weighted by atomic mass is 16.5. The fourth-order valence-corrected chi connectivity index (χ4v) is 2.44. The van der Waals surface area contributed by atoms with Crippen LogP contribution >= 0.6 is 0 Å². The maximum atomic E-state index is 12.4. The standard InChI is InChI=1S/C18H26N4O2/c1-5-11-22(6-2)18(23)15-9-7-14(8-10-15)17-20-16(21-24-17)12-13(3)19-4/h7-10,13,19H,5-6,11-12H2,1-4H3. The molecule has 1 N–H and O–H groups in total. The number of hydrogen-bond acceptors (Lipinski definition) is 5. The van der Waals surface area contributed by atoms with Crippen molar-refractivity contribution in [2.45, 2.75) is 39.7 Å². The molecule has 1 aromatic carbocycles. The number of rotatable bonds is 8. The topological polar surface area (TPSA) is 71.3 Å². The summed E-state index contributed by atoms with van der Waals surface area (Å²) >= 11 is 0. The largest absolute Gasteiger partial charge is 0.339 e. The second kappa shape index (κ2) is 8.59. The third-order valence-corrected chi connectivity index (χ3v) is 3.99. The number of hydrogen-bond donors (Lipinski definition) is 1. The Labute approximate surface area is 143 Å². The summed E-state index contributed by atoms with van der Waals surface area (Å²) in [5.41, 5.74) is 1.50. The molecule has 0 spiro atoms. The van der Waals surface area contributed by atoms with Gasteiger partial charge in [0.15, 0.2) is 5.82 Å². The molecule has 0 bridgehead atoms. The van der Waals surface area contributed by atoms with Gasteiger partial charge in [0.05, 0.1) is 0 Å². The number of amides is 1. The van der Waals surface area contributed by atoms with E-state index in [4.69, 9.17) is 4.52 Å². The molecule has 130 valence electrons. The van der Waals surface area contributed by atoms with E-state index in [0.29, 0.717) is 30.2 Å². The second-order valence-corrected chi connectivity index (χ2v) is 5.87. The zero-order chi connectivity index (χ0) is 17.5. The number of carbonyl (C=O) groups excluding carboxylic acids is 1. The van der Waals surface area contributed by atoms with Crippen molar-refractivity contribution in [1.82, 2.24) is 20.4 Å². The van der Waals surface area contributed by atoms with Crippen molar-refractivity contribution in [2.75, 3.05) is 20.1 Å². The highest BCUT2D eigenvalue weighted by Crippen LogP contribution is 2.19. The highest BCUT2D eigenvalue weighted by molar-refractivity contribution is 5.94. The number of carbonyl (C=O) groups is 1. The molecule has 1 unspecified atom stereocenters. The fourth-order valence-electron chi connectivity index (χ4n) is 2.44. The molecule has 0 aliphatic carbocycles. The molecule has 0 saturated carbocycles. The van der Waals surface area contributed by atoms with Crippen LogP contribution < -0.4 is 5.32 Å². The molecule has 1 amide bonds. The van der Waals surface area contributed by atoms with Crippen LogP contribution in [0, 0.1) is 0 Å². The zero-order valence-corrected chi connectivity index (χ0v) is 14.9. The fraction of sp³-hybridized carbons (Fsp3) is 0.500. The van der Waals surface area contributed by atoms with E-state index >= 15 is 0 Å². The molecule has 2 rings (SSSR count). The monoisotopic (exact) mass is 330 g/mol. The first-order valence-electron chi connectivity index (χ1n) is 8.48. The lowest BCUT2D eigenvalue weighted by Gasteiger charge is -2.20. The molecule has 0 fully saturated rings. The van der Waals surface area contributed by atoms with Crippen LogP contribution in [0.5, 0.6) is 0 Å². The molecular weight excluding hydrogens is 304 g/mol. The second-order valence-electron chi connectivity index (χ2n) is 5.87. The van der Waals surface area contributed by atoms with Gasteiger partial charge in [0.25, 0.3) is 11.8 Å². The Morgan fingerprint density at radius 3 is 2.58 bits per heavy atom. The van der Waals surface area contributed by atoms with Crippen LogP contribution in [0.1, 0.15) is 43.4 Å². The lowest BCUT2D eigenvalue weighted by molar-refractivity contribution is 0.0764. The third kappa shape index (κ3) is 4.41. The lowest BCUT2D eigenvalue weighted by Crippen LogP contribution is -2.31. The predicted molar refractivity (Wildman–Crippen MR) is 93.8 cm³/mol. The quantitative estimate of drug-likeness (QED) is 0.806. The van der Waals surface area contributed by atoms with Crippen LogP contribution in [0.2, 0.25) is 0 Å². The number of nitrogens with zero attached hydrogens (tertiary/aromatic N) is 3. The average Bonchev–Trinajstić information content (AvgIpc) is 3.07. The van der Waals surface area contributed by atoms with E-state index < -0.39 is 0 Å². The summed E-state index contributed by atoms with van der Waals surface area (Å²) in [7, 11) is 1.90. The molecule has 0 radical (unpaired) electrons. The maximum absolute atomic E-state index is 12.4. The van der Waals surface area contributed by atoms with Crippen LogP contribution in [0.4, 0.5) is 0 Å². The van der Waals surface area contributed by atoms with Crippen LogP contribution in [0.15, 0.2) is 28.8 Å². The molecule has 1 atom stereocenters. The first-order valence-corrected chi connectivity index (χ1v) is 8.48. The van der Waals surface area contributed by atoms with Gasteiger partial charge in [-0.25, -0.2) is 0 Å². The predicted octanol–water partition coefficient (Wildman–Crippen LogP) is 2.76. The SMILES string of the molecule is CCCN(CC)C(=O)c1ccc(-c2nc(CC(C)NC)no2)cc1. The number of aromatic nitrogens is 2. The summed E-state index contributed by atoms with van der Waals surface area (Å²) in [5, 5.41) is 7.15. The Morgan fingerprint density at radius 1 is 1.29 bits per heavy atom. The molecular formula is C18H26N4O2. The summed E-state index contributed by atoms with van der Waals surface area (Å²) in [6, 6.07) is 7.62. The van der Waals surface area contributed by atoms with Crippen molar-refractivity contribution in [2.24, 2.45) is 0 Å². The molecule has 0 aliphatic rings. The van der Waals surface area contributed by atoms with E-state index in [1.54, 1.807) is 0 Å². The van der Waals surface area contributed by atoms with Gasteiger partial charge in [0, 0.05) is 36.7 Å². The van der Waals surface area contributed by atoms with Gasteiger partial charge in [-0.05, 0) is 51.6 Å². The van der Waals surface area contributed by atoms with Gasteiger partial charge in [0.1, 0.15) is 0 Å².